The first-order chi connectivity index (χ1) is 14.1. The molecule has 0 saturated carbocycles. The summed E-state index contributed by atoms with van der Waals surface area (Å²) < 4.78 is 12.4. The minimum absolute atomic E-state index is 0.166. The quantitative estimate of drug-likeness (QED) is 0.533. The topological polar surface area (TPSA) is 81.2 Å². The van der Waals surface area contributed by atoms with Gasteiger partial charge in [0.15, 0.2) is 11.5 Å². The zero-order valence-corrected chi connectivity index (χ0v) is 16.3. The van der Waals surface area contributed by atoms with E-state index < -0.39 is 0 Å². The first kappa shape index (κ1) is 17.6. The second kappa shape index (κ2) is 6.86. The van der Waals surface area contributed by atoms with Crippen molar-refractivity contribution in [2.75, 3.05) is 12.1 Å². The van der Waals surface area contributed by atoms with Crippen LogP contribution in [0.25, 0.3) is 16.7 Å². The van der Waals surface area contributed by atoms with Gasteiger partial charge >= 0.3 is 0 Å². The van der Waals surface area contributed by atoms with Crippen LogP contribution in [-0.2, 0) is 6.54 Å². The van der Waals surface area contributed by atoms with Crippen LogP contribution in [0.3, 0.4) is 0 Å². The van der Waals surface area contributed by atoms with E-state index in [4.69, 9.17) is 21.1 Å². The highest BCUT2D eigenvalue weighted by molar-refractivity contribution is 6.30. The molecule has 3 heterocycles. The number of halogens is 1. The Bertz CT molecular complexity index is 1280. The van der Waals surface area contributed by atoms with Crippen molar-refractivity contribution < 1.29 is 9.47 Å². The average Bonchev–Trinajstić information content (AvgIpc) is 3.31. The van der Waals surface area contributed by atoms with E-state index >= 15 is 0 Å². The smallest absolute Gasteiger partial charge is 0.254 e. The molecule has 146 valence electrons. The molecule has 2 aromatic heterocycles. The van der Waals surface area contributed by atoms with E-state index in [-0.39, 0.29) is 12.4 Å². The molecule has 0 radical (unpaired) electrons. The Morgan fingerprint density at radius 1 is 1.14 bits per heavy atom. The Balaban J connectivity index is 1.46. The van der Waals surface area contributed by atoms with Crippen LogP contribution in [0.5, 0.6) is 11.5 Å². The SMILES string of the molecule is Cc1nn(-c2ccc(Cl)cc2)c2[nH]c(=O)c(CNc3ccc4c(c3)OCO4)cc12. The molecular weight excluding hydrogens is 392 g/mol. The van der Waals surface area contributed by atoms with E-state index in [0.717, 1.165) is 28.2 Å². The Morgan fingerprint density at radius 3 is 2.76 bits per heavy atom. The van der Waals surface area contributed by atoms with E-state index in [0.29, 0.717) is 28.5 Å². The molecule has 0 bridgehead atoms. The monoisotopic (exact) mass is 408 g/mol. The molecule has 0 amide bonds. The van der Waals surface area contributed by atoms with Gasteiger partial charge in [0.05, 0.1) is 11.4 Å². The predicted octanol–water partition coefficient (Wildman–Crippen LogP) is 4.02. The third-order valence-corrected chi connectivity index (χ3v) is 5.13. The summed E-state index contributed by atoms with van der Waals surface area (Å²) in [4.78, 5) is 15.7. The number of hydrogen-bond donors (Lipinski definition) is 2. The third-order valence-electron chi connectivity index (χ3n) is 4.88. The second-order valence-electron chi connectivity index (χ2n) is 6.78. The first-order valence-corrected chi connectivity index (χ1v) is 9.47. The van der Waals surface area contributed by atoms with Crippen molar-refractivity contribution in [1.29, 1.82) is 0 Å². The molecule has 0 unspecified atom stereocenters. The van der Waals surface area contributed by atoms with Gasteiger partial charge < -0.3 is 19.8 Å². The van der Waals surface area contributed by atoms with Gasteiger partial charge in [-0.05, 0) is 49.4 Å². The van der Waals surface area contributed by atoms with Crippen LogP contribution >= 0.6 is 11.6 Å². The zero-order chi connectivity index (χ0) is 20.0. The molecule has 0 aliphatic carbocycles. The van der Waals surface area contributed by atoms with Crippen molar-refractivity contribution in [3.05, 3.63) is 75.2 Å². The molecular formula is C21H17ClN4O3. The number of nitrogens with one attached hydrogen (secondary N) is 2. The Labute approximate surface area is 170 Å². The molecule has 29 heavy (non-hydrogen) atoms. The second-order valence-corrected chi connectivity index (χ2v) is 7.22. The molecule has 7 nitrogen and oxygen atoms in total. The van der Waals surface area contributed by atoms with Gasteiger partial charge in [-0.25, -0.2) is 4.68 Å². The third kappa shape index (κ3) is 3.19. The number of fused-ring (bicyclic) bond motifs is 2. The lowest BCUT2D eigenvalue weighted by Crippen LogP contribution is -2.16. The molecule has 0 fully saturated rings. The number of aromatic nitrogens is 3. The maximum Gasteiger partial charge on any atom is 0.254 e. The van der Waals surface area contributed by atoms with Gasteiger partial charge in [0.2, 0.25) is 6.79 Å². The predicted molar refractivity (Wildman–Crippen MR) is 111 cm³/mol. The Hall–Kier alpha value is -3.45. The number of aryl methyl sites for hydroxylation is 1. The van der Waals surface area contributed by atoms with E-state index in [2.05, 4.69) is 15.4 Å². The van der Waals surface area contributed by atoms with Crippen LogP contribution in [0.4, 0.5) is 5.69 Å². The van der Waals surface area contributed by atoms with Crippen molar-refractivity contribution in [3.63, 3.8) is 0 Å². The highest BCUT2D eigenvalue weighted by Gasteiger charge is 2.15. The largest absolute Gasteiger partial charge is 0.454 e. The van der Waals surface area contributed by atoms with Crippen LogP contribution in [-0.4, -0.2) is 21.6 Å². The minimum Gasteiger partial charge on any atom is -0.454 e. The maximum atomic E-state index is 12.7. The van der Waals surface area contributed by atoms with Crippen molar-refractivity contribution in [1.82, 2.24) is 14.8 Å². The maximum absolute atomic E-state index is 12.7. The summed E-state index contributed by atoms with van der Waals surface area (Å²) in [5.41, 5.74) is 3.61. The molecule has 2 aromatic carbocycles. The Morgan fingerprint density at radius 2 is 1.93 bits per heavy atom. The summed E-state index contributed by atoms with van der Waals surface area (Å²) in [6.07, 6.45) is 0. The van der Waals surface area contributed by atoms with Gasteiger partial charge in [-0.3, -0.25) is 4.79 Å². The van der Waals surface area contributed by atoms with Gasteiger partial charge in [-0.15, -0.1) is 0 Å². The Kier molecular flexibility index (Phi) is 4.17. The molecule has 1 aliphatic rings. The van der Waals surface area contributed by atoms with E-state index in [9.17, 15) is 4.79 Å². The summed E-state index contributed by atoms with van der Waals surface area (Å²) in [6.45, 7) is 2.52. The zero-order valence-electron chi connectivity index (χ0n) is 15.5. The fourth-order valence-electron chi connectivity index (χ4n) is 3.36. The molecule has 5 rings (SSSR count). The van der Waals surface area contributed by atoms with Crippen molar-refractivity contribution in [2.24, 2.45) is 0 Å². The van der Waals surface area contributed by atoms with Crippen molar-refractivity contribution in [2.45, 2.75) is 13.5 Å². The normalized spacial score (nSPS) is 12.5. The molecule has 8 heteroatoms. The van der Waals surface area contributed by atoms with Gasteiger partial charge in [0.25, 0.3) is 5.56 Å². The van der Waals surface area contributed by atoms with Crippen molar-refractivity contribution in [3.8, 4) is 17.2 Å². The van der Waals surface area contributed by atoms with Gasteiger partial charge in [0.1, 0.15) is 5.65 Å². The number of anilines is 1. The van der Waals surface area contributed by atoms with Crippen LogP contribution in [0.1, 0.15) is 11.3 Å². The fourth-order valence-corrected chi connectivity index (χ4v) is 3.49. The average molecular weight is 409 g/mol. The molecule has 0 spiro atoms. The summed E-state index contributed by atoms with van der Waals surface area (Å²) in [6, 6.07) is 14.8. The lowest BCUT2D eigenvalue weighted by molar-refractivity contribution is 0.174. The number of aromatic amines is 1. The van der Waals surface area contributed by atoms with E-state index in [1.807, 2.05) is 43.3 Å². The number of nitrogens with zero attached hydrogens (tertiary/aromatic N) is 2. The molecule has 2 N–H and O–H groups in total. The van der Waals surface area contributed by atoms with E-state index in [1.54, 1.807) is 16.8 Å². The summed E-state index contributed by atoms with van der Waals surface area (Å²) in [5, 5.41) is 9.38. The highest BCUT2D eigenvalue weighted by atomic mass is 35.5. The van der Waals surface area contributed by atoms with Crippen molar-refractivity contribution >= 4 is 28.3 Å². The number of ether oxygens (including phenoxy) is 2. The van der Waals surface area contributed by atoms with Crippen LogP contribution in [0.2, 0.25) is 5.02 Å². The van der Waals surface area contributed by atoms with Crippen LogP contribution in [0.15, 0.2) is 53.3 Å². The number of rotatable bonds is 4. The van der Waals surface area contributed by atoms with Gasteiger partial charge in [0, 0.05) is 34.3 Å². The lowest BCUT2D eigenvalue weighted by Gasteiger charge is -2.08. The summed E-state index contributed by atoms with van der Waals surface area (Å²) in [5.74, 6) is 1.42. The molecule has 1 aliphatic heterocycles. The lowest BCUT2D eigenvalue weighted by atomic mass is 10.2. The van der Waals surface area contributed by atoms with Gasteiger partial charge in [-0.2, -0.15) is 5.10 Å². The highest BCUT2D eigenvalue weighted by Crippen LogP contribution is 2.34. The van der Waals surface area contributed by atoms with E-state index in [1.165, 1.54) is 0 Å². The van der Waals surface area contributed by atoms with Crippen LogP contribution in [0, 0.1) is 6.92 Å². The number of H-pyrrole nitrogens is 1. The first-order valence-electron chi connectivity index (χ1n) is 9.09. The summed E-state index contributed by atoms with van der Waals surface area (Å²) in [7, 11) is 0. The molecule has 0 saturated heterocycles. The fraction of sp³-hybridized carbons (Fsp3) is 0.143. The number of benzene rings is 2. The van der Waals surface area contributed by atoms with Gasteiger partial charge in [-0.1, -0.05) is 11.6 Å². The number of pyridine rings is 1. The molecule has 0 atom stereocenters. The summed E-state index contributed by atoms with van der Waals surface area (Å²) >= 11 is 5.98. The standard InChI is InChI=1S/C21H17ClN4O3/c1-12-17-8-13(10-23-15-4-7-18-19(9-15)29-11-28-18)21(27)24-20(17)26(25-12)16-5-2-14(22)3-6-16/h2-9,23H,10-11H2,1H3,(H,24,27). The number of hydrogen-bond acceptors (Lipinski definition) is 5. The minimum atomic E-state index is -0.166. The van der Waals surface area contributed by atoms with Crippen LogP contribution < -0.4 is 20.3 Å². The molecule has 4 aromatic rings.